The number of methoxy groups -OCH3 is 2. The molecule has 2 aliphatic carbocycles. The van der Waals surface area contributed by atoms with E-state index in [4.69, 9.17) is 24.2 Å². The van der Waals surface area contributed by atoms with Gasteiger partial charge in [0.2, 0.25) is 11.8 Å². The number of hydrogen-bond donors (Lipinski definition) is 4. The summed E-state index contributed by atoms with van der Waals surface area (Å²) >= 11 is 0. The van der Waals surface area contributed by atoms with Crippen molar-refractivity contribution < 1.29 is 33.4 Å². The molecule has 5 fully saturated rings. The molecule has 4 amide bonds. The molecule has 10 rings (SSSR count). The smallest absolute Gasteiger partial charge is 0.407 e. The lowest BCUT2D eigenvalue weighted by Gasteiger charge is -2.37. The lowest BCUT2D eigenvalue weighted by molar-refractivity contribution is -0.139. The van der Waals surface area contributed by atoms with Gasteiger partial charge in [0.1, 0.15) is 23.7 Å². The number of alkyl carbamates (subject to hydrolysis) is 2. The van der Waals surface area contributed by atoms with Crippen molar-refractivity contribution >= 4 is 34.8 Å². The molecule has 2 unspecified atom stereocenters. The fourth-order valence-corrected chi connectivity index (χ4v) is 11.1. The molecule has 5 aliphatic rings. The minimum absolute atomic E-state index is 0.0273. The van der Waals surface area contributed by atoms with E-state index in [9.17, 15) is 19.2 Å². The van der Waals surface area contributed by atoms with E-state index in [1.54, 1.807) is 0 Å². The first-order chi connectivity index (χ1) is 31.5. The highest BCUT2D eigenvalue weighted by Crippen LogP contribution is 2.58. The Balaban J connectivity index is 0.833. The van der Waals surface area contributed by atoms with Crippen molar-refractivity contribution in [1.29, 1.82) is 0 Å². The highest BCUT2D eigenvalue weighted by atomic mass is 16.5. The number of aromatic nitrogens is 4. The number of nitrogens with zero attached hydrogens (tertiary/aromatic N) is 4. The second kappa shape index (κ2) is 17.3. The predicted molar refractivity (Wildman–Crippen MR) is 243 cm³/mol. The Morgan fingerprint density at radius 1 is 0.754 bits per heavy atom. The van der Waals surface area contributed by atoms with Gasteiger partial charge in [-0.15, -0.1) is 0 Å². The van der Waals surface area contributed by atoms with E-state index in [0.717, 1.165) is 94.6 Å². The number of carbonyl (C=O) groups is 4. The van der Waals surface area contributed by atoms with Crippen molar-refractivity contribution in [2.75, 3.05) is 34.0 Å². The van der Waals surface area contributed by atoms with Gasteiger partial charge in [0.25, 0.3) is 0 Å². The van der Waals surface area contributed by atoms with Crippen molar-refractivity contribution in [2.45, 2.75) is 95.4 Å². The molecule has 3 aromatic carbocycles. The summed E-state index contributed by atoms with van der Waals surface area (Å²) < 4.78 is 15.3. The summed E-state index contributed by atoms with van der Waals surface area (Å²) in [5.41, 5.74) is 6.07. The van der Waals surface area contributed by atoms with Crippen LogP contribution in [0.15, 0.2) is 73.1 Å². The molecule has 15 heteroatoms. The number of imidazole rings is 2. The van der Waals surface area contributed by atoms with Gasteiger partial charge in [-0.25, -0.2) is 19.6 Å². The Morgan fingerprint density at radius 2 is 1.37 bits per heavy atom. The number of likely N-dealkylation sites (tertiary alicyclic amines) is 2. The molecule has 2 saturated carbocycles. The van der Waals surface area contributed by atoms with Crippen LogP contribution in [0.4, 0.5) is 9.59 Å². The summed E-state index contributed by atoms with van der Waals surface area (Å²) in [7, 11) is 2.63. The van der Waals surface area contributed by atoms with E-state index < -0.39 is 24.3 Å². The molecule has 5 aromatic rings. The van der Waals surface area contributed by atoms with Gasteiger partial charge < -0.3 is 44.6 Å². The maximum absolute atomic E-state index is 14.3. The average molecular weight is 883 g/mol. The van der Waals surface area contributed by atoms with E-state index in [2.05, 4.69) is 81.3 Å². The number of nitrogens with one attached hydrogen (secondary N) is 4. The van der Waals surface area contributed by atoms with Crippen LogP contribution in [-0.4, -0.2) is 106 Å². The highest BCUT2D eigenvalue weighted by molar-refractivity contribution is 5.91. The Bertz CT molecular complexity index is 2590. The molecule has 4 N–H and O–H groups in total. The number of piperidine rings is 1. The standard InChI is InChI=1S/C50H58N8O7/c1-28(2)41(55-48(61)63-3)47(60)58-37-14-13-36(23-37)43(58)45-52-25-38(54-45)30-7-5-29(6-8-30)32-9-10-34-22-35(12-11-33(34)21-32)39-26-51-44(53-39)40-24-50(17-18-50)27-57(40)46(59)42(56-49(62)64-4)31-15-19-65-20-16-31/h5-12,21-22,25-26,28,31,36-37,40-43H,13-20,23-24,27H2,1-4H3,(H,51,53)(H,52,54)(H,55,61)(H,56,62)/t36?,37?,40-,41-,42-,43-/m0/s1. The molecule has 2 bridgehead atoms. The number of amides is 4. The van der Waals surface area contributed by atoms with Crippen LogP contribution >= 0.6 is 0 Å². The normalized spacial score (nSPS) is 23.2. The number of hydrogen-bond acceptors (Lipinski definition) is 9. The molecule has 340 valence electrons. The van der Waals surface area contributed by atoms with Crippen LogP contribution in [0.5, 0.6) is 0 Å². The van der Waals surface area contributed by atoms with Crippen molar-refractivity contribution in [3.05, 3.63) is 84.7 Å². The molecule has 3 saturated heterocycles. The molecule has 0 radical (unpaired) electrons. The van der Waals surface area contributed by atoms with Crippen LogP contribution in [0.3, 0.4) is 0 Å². The number of benzene rings is 3. The Labute approximate surface area is 378 Å². The van der Waals surface area contributed by atoms with Crippen LogP contribution < -0.4 is 10.6 Å². The zero-order valence-electron chi connectivity index (χ0n) is 37.5. The maximum Gasteiger partial charge on any atom is 0.407 e. The second-order valence-electron chi connectivity index (χ2n) is 19.2. The van der Waals surface area contributed by atoms with Gasteiger partial charge in [0.05, 0.1) is 50.1 Å². The first-order valence-electron chi connectivity index (χ1n) is 23.2. The van der Waals surface area contributed by atoms with E-state index in [1.165, 1.54) is 14.2 Å². The zero-order valence-corrected chi connectivity index (χ0v) is 37.5. The van der Waals surface area contributed by atoms with Crippen molar-refractivity contribution in [3.63, 3.8) is 0 Å². The lowest BCUT2D eigenvalue weighted by Crippen LogP contribution is -2.54. The molecule has 2 aromatic heterocycles. The molecule has 3 aliphatic heterocycles. The van der Waals surface area contributed by atoms with E-state index in [1.807, 2.05) is 36.0 Å². The summed E-state index contributed by atoms with van der Waals surface area (Å²) in [5, 5.41) is 7.84. The summed E-state index contributed by atoms with van der Waals surface area (Å²) in [6, 6.07) is 19.7. The van der Waals surface area contributed by atoms with Crippen LogP contribution in [-0.2, 0) is 23.8 Å². The van der Waals surface area contributed by atoms with Gasteiger partial charge in [-0.2, -0.15) is 0 Å². The zero-order chi connectivity index (χ0) is 45.0. The third kappa shape index (κ3) is 8.23. The van der Waals surface area contributed by atoms with Crippen LogP contribution in [0.1, 0.15) is 88.9 Å². The van der Waals surface area contributed by atoms with Gasteiger partial charge in [-0.3, -0.25) is 9.59 Å². The summed E-state index contributed by atoms with van der Waals surface area (Å²) in [6.45, 7) is 5.65. The molecule has 65 heavy (non-hydrogen) atoms. The highest BCUT2D eigenvalue weighted by Gasteiger charge is 2.56. The minimum atomic E-state index is -0.684. The van der Waals surface area contributed by atoms with E-state index >= 15 is 0 Å². The monoisotopic (exact) mass is 882 g/mol. The minimum Gasteiger partial charge on any atom is -0.453 e. The Morgan fingerprint density at radius 3 is 2.06 bits per heavy atom. The van der Waals surface area contributed by atoms with Crippen LogP contribution in [0.2, 0.25) is 0 Å². The largest absolute Gasteiger partial charge is 0.453 e. The number of ether oxygens (including phenoxy) is 3. The van der Waals surface area contributed by atoms with Crippen LogP contribution in [0.25, 0.3) is 44.4 Å². The quantitative estimate of drug-likeness (QED) is 0.102. The summed E-state index contributed by atoms with van der Waals surface area (Å²) in [4.78, 5) is 73.6. The first-order valence-corrected chi connectivity index (χ1v) is 23.2. The van der Waals surface area contributed by atoms with Crippen molar-refractivity contribution in [2.24, 2.45) is 23.2 Å². The van der Waals surface area contributed by atoms with Crippen LogP contribution in [0, 0.1) is 23.2 Å². The number of aromatic amines is 2. The Kier molecular flexibility index (Phi) is 11.4. The molecule has 1 spiro atoms. The SMILES string of the molecule is COC(=O)N[C@H](C(=O)N1C2CCC(C2)[C@H]1c1ncc(-c2ccc(-c3ccc4cc(-c5cnc([C@@H]6CC7(CC7)CN6C(=O)[C@@H](NC(=O)OC)C6CCOCC6)[nH]5)ccc4c3)cc2)[nH]1)C(C)C. The Hall–Kier alpha value is -6.22. The predicted octanol–water partition coefficient (Wildman–Crippen LogP) is 7.92. The fourth-order valence-electron chi connectivity index (χ4n) is 11.1. The van der Waals surface area contributed by atoms with Gasteiger partial charge in [0.15, 0.2) is 0 Å². The molecule has 5 heterocycles. The van der Waals surface area contributed by atoms with Crippen molar-refractivity contribution in [3.8, 4) is 33.6 Å². The molecule has 6 atom stereocenters. The number of fused-ring (bicyclic) bond motifs is 3. The fraction of sp³-hybridized carbons (Fsp3) is 0.480. The van der Waals surface area contributed by atoms with Gasteiger partial charge in [0, 0.05) is 31.4 Å². The number of carbonyl (C=O) groups excluding carboxylic acids is 4. The molecular weight excluding hydrogens is 825 g/mol. The lowest BCUT2D eigenvalue weighted by atomic mass is 9.90. The van der Waals surface area contributed by atoms with Gasteiger partial charge >= 0.3 is 12.2 Å². The number of H-pyrrole nitrogens is 2. The summed E-state index contributed by atoms with van der Waals surface area (Å²) in [5.74, 6) is 1.55. The van der Waals surface area contributed by atoms with E-state index in [0.29, 0.717) is 38.5 Å². The maximum atomic E-state index is 14.3. The summed E-state index contributed by atoms with van der Waals surface area (Å²) in [6.07, 6.45) is 9.84. The average Bonchev–Trinajstić information content (AvgIpc) is 3.97. The third-order valence-corrected chi connectivity index (χ3v) is 14.9. The molecule has 15 nitrogen and oxygen atoms in total. The second-order valence-corrected chi connectivity index (χ2v) is 19.2. The van der Waals surface area contributed by atoms with E-state index in [-0.39, 0.29) is 47.2 Å². The molecular formula is C50H58N8O7. The van der Waals surface area contributed by atoms with Gasteiger partial charge in [-0.1, -0.05) is 62.4 Å². The van der Waals surface area contributed by atoms with Gasteiger partial charge in [-0.05, 0) is 114 Å². The topological polar surface area (TPSA) is 184 Å². The first kappa shape index (κ1) is 42.7. The number of rotatable bonds is 11. The third-order valence-electron chi connectivity index (χ3n) is 14.9. The van der Waals surface area contributed by atoms with Crippen molar-refractivity contribution in [1.82, 2.24) is 40.4 Å².